The molecular weight excluding hydrogens is 258 g/mol. The molecule has 1 unspecified atom stereocenters. The SMILES string of the molecule is CCCC1CCC(CN)(C(O)c2ccc(CC)cc2)CC1. The Morgan fingerprint density at radius 3 is 2.29 bits per heavy atom. The van der Waals surface area contributed by atoms with Gasteiger partial charge in [-0.3, -0.25) is 0 Å². The summed E-state index contributed by atoms with van der Waals surface area (Å²) in [6, 6.07) is 8.43. The summed E-state index contributed by atoms with van der Waals surface area (Å²) in [5.41, 5.74) is 8.33. The highest BCUT2D eigenvalue weighted by Gasteiger charge is 2.40. The minimum atomic E-state index is -0.420. The van der Waals surface area contributed by atoms with Crippen molar-refractivity contribution >= 4 is 0 Å². The van der Waals surface area contributed by atoms with Gasteiger partial charge in [-0.15, -0.1) is 0 Å². The maximum absolute atomic E-state index is 10.9. The number of rotatable bonds is 6. The minimum Gasteiger partial charge on any atom is -0.388 e. The van der Waals surface area contributed by atoms with Gasteiger partial charge in [0, 0.05) is 12.0 Å². The summed E-state index contributed by atoms with van der Waals surface area (Å²) in [4.78, 5) is 0. The van der Waals surface area contributed by atoms with E-state index in [0.29, 0.717) is 6.54 Å². The number of aliphatic hydroxyl groups excluding tert-OH is 1. The third-order valence-corrected chi connectivity index (χ3v) is 5.49. The van der Waals surface area contributed by atoms with E-state index in [1.807, 2.05) is 0 Å². The van der Waals surface area contributed by atoms with Crippen LogP contribution in [0, 0.1) is 11.3 Å². The number of hydrogen-bond donors (Lipinski definition) is 2. The molecule has 0 aromatic heterocycles. The molecule has 1 aliphatic carbocycles. The van der Waals surface area contributed by atoms with Gasteiger partial charge in [0.15, 0.2) is 0 Å². The number of benzene rings is 1. The number of aryl methyl sites for hydroxylation is 1. The van der Waals surface area contributed by atoms with E-state index in [2.05, 4.69) is 38.1 Å². The number of aliphatic hydroxyl groups is 1. The summed E-state index contributed by atoms with van der Waals surface area (Å²) in [5, 5.41) is 10.9. The Balaban J connectivity index is 2.09. The molecule has 2 heteroatoms. The van der Waals surface area contributed by atoms with Gasteiger partial charge in [-0.25, -0.2) is 0 Å². The van der Waals surface area contributed by atoms with E-state index in [4.69, 9.17) is 5.73 Å². The number of nitrogens with two attached hydrogens (primary N) is 1. The lowest BCUT2D eigenvalue weighted by Gasteiger charge is -2.43. The molecule has 0 heterocycles. The van der Waals surface area contributed by atoms with Gasteiger partial charge >= 0.3 is 0 Å². The lowest BCUT2D eigenvalue weighted by molar-refractivity contribution is -0.0108. The molecule has 0 amide bonds. The molecular formula is C19H31NO. The van der Waals surface area contributed by atoms with Crippen molar-refractivity contribution in [2.45, 2.75) is 64.9 Å². The van der Waals surface area contributed by atoms with E-state index in [-0.39, 0.29) is 5.41 Å². The minimum absolute atomic E-state index is 0.113. The van der Waals surface area contributed by atoms with Crippen LogP contribution in [0.15, 0.2) is 24.3 Å². The Kier molecular flexibility index (Phi) is 5.83. The number of hydrogen-bond acceptors (Lipinski definition) is 2. The first-order valence-electron chi connectivity index (χ1n) is 8.62. The summed E-state index contributed by atoms with van der Waals surface area (Å²) in [7, 11) is 0. The summed E-state index contributed by atoms with van der Waals surface area (Å²) in [5.74, 6) is 0.837. The highest BCUT2D eigenvalue weighted by Crippen LogP contribution is 2.47. The molecule has 2 rings (SSSR count). The Morgan fingerprint density at radius 1 is 1.19 bits per heavy atom. The summed E-state index contributed by atoms with van der Waals surface area (Å²) < 4.78 is 0. The second kappa shape index (κ2) is 7.42. The second-order valence-electron chi connectivity index (χ2n) is 6.80. The van der Waals surface area contributed by atoms with Crippen molar-refractivity contribution < 1.29 is 5.11 Å². The van der Waals surface area contributed by atoms with Gasteiger partial charge in [0.05, 0.1) is 6.10 Å². The van der Waals surface area contributed by atoms with E-state index in [0.717, 1.165) is 30.7 Å². The van der Waals surface area contributed by atoms with Crippen LogP contribution in [-0.2, 0) is 6.42 Å². The molecule has 0 radical (unpaired) electrons. The highest BCUT2D eigenvalue weighted by atomic mass is 16.3. The Morgan fingerprint density at radius 2 is 1.81 bits per heavy atom. The quantitative estimate of drug-likeness (QED) is 0.823. The molecule has 0 bridgehead atoms. The normalized spacial score (nSPS) is 27.5. The van der Waals surface area contributed by atoms with Gasteiger partial charge in [0.2, 0.25) is 0 Å². The van der Waals surface area contributed by atoms with E-state index in [1.54, 1.807) is 0 Å². The smallest absolute Gasteiger partial charge is 0.0858 e. The molecule has 0 aliphatic heterocycles. The molecule has 1 fully saturated rings. The molecule has 21 heavy (non-hydrogen) atoms. The van der Waals surface area contributed by atoms with Crippen LogP contribution in [0.1, 0.15) is 69.6 Å². The first-order chi connectivity index (χ1) is 10.1. The van der Waals surface area contributed by atoms with Gasteiger partial charge in [0.25, 0.3) is 0 Å². The molecule has 1 aliphatic rings. The fourth-order valence-corrected chi connectivity index (χ4v) is 3.83. The molecule has 1 atom stereocenters. The van der Waals surface area contributed by atoms with Crippen LogP contribution in [0.25, 0.3) is 0 Å². The fraction of sp³-hybridized carbons (Fsp3) is 0.684. The molecule has 1 aromatic rings. The third kappa shape index (κ3) is 3.67. The largest absolute Gasteiger partial charge is 0.388 e. The molecule has 0 saturated heterocycles. The molecule has 1 saturated carbocycles. The van der Waals surface area contributed by atoms with E-state index in [1.165, 1.54) is 31.2 Å². The van der Waals surface area contributed by atoms with Crippen LogP contribution in [0.3, 0.4) is 0 Å². The zero-order valence-electron chi connectivity index (χ0n) is 13.6. The van der Waals surface area contributed by atoms with Crippen molar-refractivity contribution in [3.05, 3.63) is 35.4 Å². The van der Waals surface area contributed by atoms with Crippen molar-refractivity contribution in [3.63, 3.8) is 0 Å². The topological polar surface area (TPSA) is 46.2 Å². The average molecular weight is 289 g/mol. The third-order valence-electron chi connectivity index (χ3n) is 5.49. The summed E-state index contributed by atoms with van der Waals surface area (Å²) in [6.45, 7) is 5.00. The van der Waals surface area contributed by atoms with Crippen LogP contribution in [0.2, 0.25) is 0 Å². The highest BCUT2D eigenvalue weighted by molar-refractivity contribution is 5.25. The Bertz CT molecular complexity index is 418. The van der Waals surface area contributed by atoms with Crippen LogP contribution < -0.4 is 5.73 Å². The maximum atomic E-state index is 10.9. The van der Waals surface area contributed by atoms with Crippen LogP contribution in [-0.4, -0.2) is 11.7 Å². The van der Waals surface area contributed by atoms with Gasteiger partial charge in [0.1, 0.15) is 0 Å². The summed E-state index contributed by atoms with van der Waals surface area (Å²) >= 11 is 0. The van der Waals surface area contributed by atoms with Crippen molar-refractivity contribution in [1.29, 1.82) is 0 Å². The molecule has 2 nitrogen and oxygen atoms in total. The van der Waals surface area contributed by atoms with E-state index < -0.39 is 6.10 Å². The predicted molar refractivity (Wildman–Crippen MR) is 89.1 cm³/mol. The monoisotopic (exact) mass is 289 g/mol. The van der Waals surface area contributed by atoms with Crippen molar-refractivity contribution in [2.75, 3.05) is 6.54 Å². The van der Waals surface area contributed by atoms with Crippen molar-refractivity contribution in [3.8, 4) is 0 Å². The fourth-order valence-electron chi connectivity index (χ4n) is 3.83. The summed E-state index contributed by atoms with van der Waals surface area (Å²) in [6.07, 6.45) is 7.76. The standard InChI is InChI=1S/C19H31NO/c1-3-5-16-10-12-19(14-20,13-11-16)18(21)17-8-6-15(4-2)7-9-17/h6-9,16,18,21H,3-5,10-14,20H2,1-2H3. The van der Waals surface area contributed by atoms with E-state index in [9.17, 15) is 5.11 Å². The lowest BCUT2D eigenvalue weighted by Crippen LogP contribution is -2.40. The first kappa shape index (κ1) is 16.5. The average Bonchev–Trinajstić information content (AvgIpc) is 2.55. The first-order valence-corrected chi connectivity index (χ1v) is 8.62. The van der Waals surface area contributed by atoms with Crippen LogP contribution >= 0.6 is 0 Å². The second-order valence-corrected chi connectivity index (χ2v) is 6.80. The Hall–Kier alpha value is -0.860. The molecule has 3 N–H and O–H groups in total. The molecule has 1 aromatic carbocycles. The Labute approximate surface area is 129 Å². The maximum Gasteiger partial charge on any atom is 0.0858 e. The van der Waals surface area contributed by atoms with E-state index >= 15 is 0 Å². The molecule has 118 valence electrons. The van der Waals surface area contributed by atoms with Crippen LogP contribution in [0.5, 0.6) is 0 Å². The van der Waals surface area contributed by atoms with Gasteiger partial charge in [-0.1, -0.05) is 51.0 Å². The lowest BCUT2D eigenvalue weighted by atomic mass is 9.65. The zero-order chi connectivity index (χ0) is 15.3. The van der Waals surface area contributed by atoms with Crippen molar-refractivity contribution in [1.82, 2.24) is 0 Å². The van der Waals surface area contributed by atoms with Gasteiger partial charge in [-0.05, 0) is 49.1 Å². The van der Waals surface area contributed by atoms with Crippen molar-refractivity contribution in [2.24, 2.45) is 17.1 Å². The van der Waals surface area contributed by atoms with Gasteiger partial charge in [-0.2, -0.15) is 0 Å². The van der Waals surface area contributed by atoms with Crippen LogP contribution in [0.4, 0.5) is 0 Å². The predicted octanol–water partition coefficient (Wildman–Crippen LogP) is 4.22. The van der Waals surface area contributed by atoms with Gasteiger partial charge < -0.3 is 10.8 Å². The zero-order valence-corrected chi connectivity index (χ0v) is 13.6. The molecule has 0 spiro atoms.